The number of thiazole rings is 1. The van der Waals surface area contributed by atoms with Crippen LogP contribution in [0.4, 0.5) is 0 Å². The van der Waals surface area contributed by atoms with Crippen LogP contribution in [0.5, 0.6) is 0 Å². The van der Waals surface area contributed by atoms with Crippen LogP contribution in [0.2, 0.25) is 0 Å². The van der Waals surface area contributed by atoms with Crippen LogP contribution >= 0.6 is 11.3 Å². The molecular formula is C52H46N6OS. The highest BCUT2D eigenvalue weighted by atomic mass is 32.1. The van der Waals surface area contributed by atoms with Gasteiger partial charge in [-0.25, -0.2) is 24.9 Å². The van der Waals surface area contributed by atoms with E-state index in [0.717, 1.165) is 82.0 Å². The second-order valence-electron chi connectivity index (χ2n) is 13.8. The highest BCUT2D eigenvalue weighted by molar-refractivity contribution is 7.10. The molecule has 7 aromatic rings. The van der Waals surface area contributed by atoms with Crippen molar-refractivity contribution in [2.45, 2.75) is 34.6 Å². The molecule has 0 unspecified atom stereocenters. The third kappa shape index (κ3) is 8.60. The standard InChI is InChI=1S/C52H46N6OS/c1-9-14-28-43-34(6)58(35(7)44(43)32-38(12-4)51-53-45-29-21-22-30-47(45)59-51)42(23-10-2)31-39(13-5)52-54-46(36(8)60-52)33-37(11-3)48-55-49(40-24-17-15-18-25-40)57-50(56-48)41-26-19-16-20-27-41/h9-33H,1,4,8H2,2-3,5-7H3/b23-10-,28-14-,37-11+,38-32+,39-13+,42-31+,46-33+. The van der Waals surface area contributed by atoms with Gasteiger partial charge in [-0.1, -0.05) is 135 Å². The summed E-state index contributed by atoms with van der Waals surface area (Å²) in [6.45, 7) is 22.8. The molecule has 0 amide bonds. The molecule has 7 nitrogen and oxygen atoms in total. The van der Waals surface area contributed by atoms with E-state index in [-0.39, 0.29) is 0 Å². The van der Waals surface area contributed by atoms with Crippen molar-refractivity contribution in [3.63, 3.8) is 0 Å². The summed E-state index contributed by atoms with van der Waals surface area (Å²) in [6, 6.07) is 27.7. The summed E-state index contributed by atoms with van der Waals surface area (Å²) in [5.41, 5.74) is 11.1. The zero-order chi connectivity index (χ0) is 42.2. The van der Waals surface area contributed by atoms with E-state index < -0.39 is 0 Å². The van der Waals surface area contributed by atoms with E-state index in [4.69, 9.17) is 29.3 Å². The summed E-state index contributed by atoms with van der Waals surface area (Å²) in [6.07, 6.45) is 22.1. The Morgan fingerprint density at radius 1 is 0.717 bits per heavy atom. The molecule has 0 radical (unpaired) electrons. The van der Waals surface area contributed by atoms with Crippen LogP contribution in [0, 0.1) is 13.8 Å². The van der Waals surface area contributed by atoms with Crippen LogP contribution in [-0.2, 0) is 0 Å². The summed E-state index contributed by atoms with van der Waals surface area (Å²) in [5.74, 6) is 2.27. The number of aromatic nitrogens is 6. The van der Waals surface area contributed by atoms with Gasteiger partial charge in [0.25, 0.3) is 0 Å². The number of para-hydroxylation sites is 2. The number of hydrogen-bond acceptors (Lipinski definition) is 7. The molecule has 0 aliphatic heterocycles. The highest BCUT2D eigenvalue weighted by Crippen LogP contribution is 2.34. The Morgan fingerprint density at radius 3 is 1.95 bits per heavy atom. The molecule has 0 saturated heterocycles. The average Bonchev–Trinajstić information content (AvgIpc) is 3.95. The van der Waals surface area contributed by atoms with Gasteiger partial charge < -0.3 is 8.98 Å². The number of fused-ring (bicyclic) bond motifs is 1. The second kappa shape index (κ2) is 18.5. The molecule has 0 N–H and O–H groups in total. The summed E-state index contributed by atoms with van der Waals surface area (Å²) >= 11 is 1.55. The Balaban J connectivity index is 1.30. The van der Waals surface area contributed by atoms with Crippen LogP contribution in [0.25, 0.3) is 81.1 Å². The molecule has 0 saturated carbocycles. The number of allylic oxidation sites excluding steroid dienone is 12. The SMILES string of the molecule is C=C/C=C\c1c(/C=C(\C=C)c2nc3ccccc3o2)c(C)n(C(/C=C\C)=C/C(=C\C)c2n/c(=C/C(=C\C)c3nc(-c4ccccc4)nc(-c4ccccc4)n3)c(=C)s2)c1C. The molecule has 0 aliphatic rings. The van der Waals surface area contributed by atoms with Crippen LogP contribution in [0.1, 0.15) is 60.0 Å². The first-order valence-corrected chi connectivity index (χ1v) is 20.5. The molecule has 0 atom stereocenters. The fraction of sp³-hybridized carbons (Fsp3) is 0.0962. The fourth-order valence-electron chi connectivity index (χ4n) is 6.93. The third-order valence-electron chi connectivity index (χ3n) is 9.95. The van der Waals surface area contributed by atoms with Crippen LogP contribution in [0.3, 0.4) is 0 Å². The van der Waals surface area contributed by atoms with Gasteiger partial charge >= 0.3 is 0 Å². The molecular weight excluding hydrogens is 757 g/mol. The fourth-order valence-corrected chi connectivity index (χ4v) is 7.81. The van der Waals surface area contributed by atoms with E-state index in [2.05, 4.69) is 74.6 Å². The van der Waals surface area contributed by atoms with E-state index in [9.17, 15) is 0 Å². The molecule has 0 spiro atoms. The maximum absolute atomic E-state index is 6.16. The van der Waals surface area contributed by atoms with Crippen LogP contribution in [0.15, 0.2) is 151 Å². The predicted molar refractivity (Wildman–Crippen MR) is 254 cm³/mol. The Morgan fingerprint density at radius 2 is 1.35 bits per heavy atom. The third-order valence-corrected chi connectivity index (χ3v) is 10.9. The van der Waals surface area contributed by atoms with E-state index in [1.807, 2.05) is 124 Å². The van der Waals surface area contributed by atoms with E-state index >= 15 is 0 Å². The minimum Gasteiger partial charge on any atom is -0.436 e. The largest absolute Gasteiger partial charge is 0.436 e. The first-order chi connectivity index (χ1) is 29.3. The summed E-state index contributed by atoms with van der Waals surface area (Å²) in [4.78, 5) is 24.7. The zero-order valence-corrected chi connectivity index (χ0v) is 35.4. The predicted octanol–water partition coefficient (Wildman–Crippen LogP) is 12.0. The number of oxazole rings is 1. The Kier molecular flexibility index (Phi) is 12.6. The lowest BCUT2D eigenvalue weighted by atomic mass is 10.0. The van der Waals surface area contributed by atoms with Gasteiger partial charge in [-0.2, -0.15) is 0 Å². The quantitative estimate of drug-likeness (QED) is 0.108. The minimum atomic E-state index is 0.514. The number of hydrogen-bond donors (Lipinski definition) is 0. The van der Waals surface area contributed by atoms with Crippen LogP contribution < -0.4 is 9.88 Å². The molecule has 0 bridgehead atoms. The lowest BCUT2D eigenvalue weighted by Crippen LogP contribution is -2.19. The normalized spacial score (nSPS) is 13.3. The Bertz CT molecular complexity index is 2930. The van der Waals surface area contributed by atoms with Crippen molar-refractivity contribution in [3.8, 4) is 22.8 Å². The van der Waals surface area contributed by atoms with Crippen molar-refractivity contribution in [1.29, 1.82) is 0 Å². The topological polar surface area (TPSA) is 82.5 Å². The minimum absolute atomic E-state index is 0.514. The Hall–Kier alpha value is -7.29. The monoisotopic (exact) mass is 802 g/mol. The van der Waals surface area contributed by atoms with Crippen molar-refractivity contribution in [1.82, 2.24) is 29.5 Å². The van der Waals surface area contributed by atoms with Gasteiger partial charge in [0.15, 0.2) is 23.1 Å². The van der Waals surface area contributed by atoms with E-state index in [1.54, 1.807) is 23.5 Å². The zero-order valence-electron chi connectivity index (χ0n) is 34.6. The van der Waals surface area contributed by atoms with Gasteiger partial charge in [0.2, 0.25) is 5.89 Å². The van der Waals surface area contributed by atoms with Gasteiger partial charge in [-0.05, 0) is 71.1 Å². The molecule has 3 aromatic carbocycles. The molecule has 0 fully saturated rings. The molecule has 7 rings (SSSR count). The van der Waals surface area contributed by atoms with Gasteiger partial charge in [0.05, 0.1) is 5.35 Å². The van der Waals surface area contributed by atoms with Crippen molar-refractivity contribution < 1.29 is 4.42 Å². The van der Waals surface area contributed by atoms with Crippen molar-refractivity contribution in [2.24, 2.45) is 0 Å². The molecule has 8 heteroatoms. The van der Waals surface area contributed by atoms with E-state index in [0.29, 0.717) is 23.4 Å². The number of rotatable bonds is 13. The smallest absolute Gasteiger partial charge is 0.227 e. The lowest BCUT2D eigenvalue weighted by molar-refractivity contribution is 0.586. The molecule has 296 valence electrons. The first-order valence-electron chi connectivity index (χ1n) is 19.7. The highest BCUT2D eigenvalue weighted by Gasteiger charge is 2.19. The summed E-state index contributed by atoms with van der Waals surface area (Å²) in [7, 11) is 0. The van der Waals surface area contributed by atoms with Gasteiger partial charge in [-0.15, -0.1) is 11.3 Å². The maximum Gasteiger partial charge on any atom is 0.227 e. The average molecular weight is 803 g/mol. The molecule has 60 heavy (non-hydrogen) atoms. The van der Waals surface area contributed by atoms with E-state index in [1.165, 1.54) is 0 Å². The summed E-state index contributed by atoms with van der Waals surface area (Å²) in [5, 5.41) is 1.59. The maximum atomic E-state index is 6.16. The van der Waals surface area contributed by atoms with Crippen LogP contribution in [-0.4, -0.2) is 29.5 Å². The number of benzene rings is 3. The van der Waals surface area contributed by atoms with Gasteiger partial charge in [-0.3, -0.25) is 0 Å². The van der Waals surface area contributed by atoms with Crippen molar-refractivity contribution in [3.05, 3.63) is 196 Å². The molecule has 4 aromatic heterocycles. The lowest BCUT2D eigenvalue weighted by Gasteiger charge is -2.12. The number of nitrogens with zero attached hydrogens (tertiary/aromatic N) is 6. The second-order valence-corrected chi connectivity index (χ2v) is 14.9. The van der Waals surface area contributed by atoms with Gasteiger partial charge in [0.1, 0.15) is 10.5 Å². The van der Waals surface area contributed by atoms with Crippen molar-refractivity contribution >= 4 is 69.7 Å². The van der Waals surface area contributed by atoms with Crippen molar-refractivity contribution in [2.75, 3.05) is 0 Å². The Labute approximate surface area is 355 Å². The summed E-state index contributed by atoms with van der Waals surface area (Å²) < 4.78 is 9.26. The van der Waals surface area contributed by atoms with Gasteiger partial charge in [0, 0.05) is 60.6 Å². The molecule has 4 heterocycles. The first kappa shape index (κ1) is 40.9. The molecule has 0 aliphatic carbocycles.